The molecule has 0 bridgehead atoms. The largest absolute Gasteiger partial charge is 0.493 e. The van der Waals surface area contributed by atoms with Gasteiger partial charge in [0.1, 0.15) is 5.75 Å². The summed E-state index contributed by atoms with van der Waals surface area (Å²) in [6, 6.07) is 7.78. The molecule has 3 nitrogen and oxygen atoms in total. The van der Waals surface area contributed by atoms with E-state index in [9.17, 15) is 0 Å². The molecule has 0 aromatic heterocycles. The van der Waals surface area contributed by atoms with Gasteiger partial charge in [-0.15, -0.1) is 0 Å². The SMILES string of the molecule is CN(C)C(c1ccc2c(c1)CCO2)C1CCCCN1. The van der Waals surface area contributed by atoms with E-state index in [0.717, 1.165) is 25.3 Å². The highest BCUT2D eigenvalue weighted by Crippen LogP contribution is 2.32. The van der Waals surface area contributed by atoms with Crippen LogP contribution in [0, 0.1) is 0 Å². The number of nitrogens with zero attached hydrogens (tertiary/aromatic N) is 1. The Morgan fingerprint density at radius 3 is 2.95 bits per heavy atom. The van der Waals surface area contributed by atoms with Gasteiger partial charge in [-0.1, -0.05) is 18.6 Å². The van der Waals surface area contributed by atoms with Crippen LogP contribution in [-0.4, -0.2) is 38.2 Å². The number of nitrogens with one attached hydrogen (secondary N) is 1. The minimum absolute atomic E-state index is 0.464. The standard InChI is InChI=1S/C16H24N2O/c1-18(2)16(14-5-3-4-9-17-14)13-6-7-15-12(11-13)8-10-19-15/h6-7,11,14,16-17H,3-5,8-10H2,1-2H3. The Hall–Kier alpha value is -1.06. The second kappa shape index (κ2) is 5.51. The van der Waals surface area contributed by atoms with Gasteiger partial charge in [0.05, 0.1) is 6.61 Å². The molecule has 1 N–H and O–H groups in total. The minimum atomic E-state index is 0.464. The van der Waals surface area contributed by atoms with Crippen molar-refractivity contribution in [2.45, 2.75) is 37.8 Å². The van der Waals surface area contributed by atoms with Crippen LogP contribution in [0.25, 0.3) is 0 Å². The monoisotopic (exact) mass is 260 g/mol. The van der Waals surface area contributed by atoms with Crippen LogP contribution in [0.2, 0.25) is 0 Å². The lowest BCUT2D eigenvalue weighted by molar-refractivity contribution is 0.205. The summed E-state index contributed by atoms with van der Waals surface area (Å²) in [5, 5.41) is 3.69. The Bertz CT molecular complexity index is 438. The van der Waals surface area contributed by atoms with E-state index in [-0.39, 0.29) is 0 Å². The van der Waals surface area contributed by atoms with Gasteiger partial charge in [-0.3, -0.25) is 0 Å². The lowest BCUT2D eigenvalue weighted by atomic mass is 9.91. The zero-order chi connectivity index (χ0) is 13.2. The van der Waals surface area contributed by atoms with Gasteiger partial charge >= 0.3 is 0 Å². The molecule has 1 saturated heterocycles. The molecule has 1 aromatic carbocycles. The van der Waals surface area contributed by atoms with E-state index >= 15 is 0 Å². The van der Waals surface area contributed by atoms with Crippen molar-refractivity contribution in [1.29, 1.82) is 0 Å². The topological polar surface area (TPSA) is 24.5 Å². The number of benzene rings is 1. The van der Waals surface area contributed by atoms with Crippen LogP contribution < -0.4 is 10.1 Å². The first kappa shape index (κ1) is 12.9. The fourth-order valence-electron chi connectivity index (χ4n) is 3.43. The lowest BCUT2D eigenvalue weighted by Gasteiger charge is -2.36. The van der Waals surface area contributed by atoms with Gasteiger partial charge in [0.25, 0.3) is 0 Å². The zero-order valence-electron chi connectivity index (χ0n) is 12.0. The van der Waals surface area contributed by atoms with Crippen molar-refractivity contribution in [2.75, 3.05) is 27.2 Å². The number of fused-ring (bicyclic) bond motifs is 1. The summed E-state index contributed by atoms with van der Waals surface area (Å²) in [5.41, 5.74) is 2.80. The summed E-state index contributed by atoms with van der Waals surface area (Å²) < 4.78 is 5.61. The van der Waals surface area contributed by atoms with Crippen molar-refractivity contribution in [1.82, 2.24) is 10.2 Å². The quantitative estimate of drug-likeness (QED) is 0.903. The average molecular weight is 260 g/mol. The van der Waals surface area contributed by atoms with Gasteiger partial charge in [0.2, 0.25) is 0 Å². The summed E-state index contributed by atoms with van der Waals surface area (Å²) in [6.07, 6.45) is 4.99. The first-order valence-electron chi connectivity index (χ1n) is 7.41. The Balaban J connectivity index is 1.87. The summed E-state index contributed by atoms with van der Waals surface area (Å²) in [7, 11) is 4.37. The third-order valence-corrected chi connectivity index (χ3v) is 4.34. The smallest absolute Gasteiger partial charge is 0.122 e. The normalized spacial score (nSPS) is 24.1. The molecule has 3 rings (SSSR count). The van der Waals surface area contributed by atoms with E-state index in [4.69, 9.17) is 4.74 Å². The molecule has 2 aliphatic rings. The van der Waals surface area contributed by atoms with E-state index in [1.54, 1.807) is 0 Å². The molecule has 2 aliphatic heterocycles. The maximum atomic E-state index is 5.61. The molecule has 0 spiro atoms. The summed E-state index contributed by atoms with van der Waals surface area (Å²) >= 11 is 0. The predicted molar refractivity (Wildman–Crippen MR) is 77.7 cm³/mol. The summed E-state index contributed by atoms with van der Waals surface area (Å²) in [6.45, 7) is 2.00. The number of likely N-dealkylation sites (N-methyl/N-ethyl adjacent to an activating group) is 1. The molecule has 104 valence electrons. The number of hydrogen-bond acceptors (Lipinski definition) is 3. The Labute approximate surface area is 115 Å². The number of hydrogen-bond donors (Lipinski definition) is 1. The van der Waals surface area contributed by atoms with E-state index < -0.39 is 0 Å². The molecule has 1 aromatic rings. The van der Waals surface area contributed by atoms with Crippen LogP contribution in [0.15, 0.2) is 18.2 Å². The highest BCUT2D eigenvalue weighted by Gasteiger charge is 2.27. The first-order chi connectivity index (χ1) is 9.25. The molecule has 2 heterocycles. The van der Waals surface area contributed by atoms with Crippen molar-refractivity contribution < 1.29 is 4.74 Å². The van der Waals surface area contributed by atoms with Gasteiger partial charge < -0.3 is 15.0 Å². The van der Waals surface area contributed by atoms with E-state index in [0.29, 0.717) is 12.1 Å². The highest BCUT2D eigenvalue weighted by molar-refractivity contribution is 5.41. The molecule has 2 unspecified atom stereocenters. The summed E-state index contributed by atoms with van der Waals surface area (Å²) in [5.74, 6) is 1.08. The molecule has 19 heavy (non-hydrogen) atoms. The van der Waals surface area contributed by atoms with Crippen molar-refractivity contribution in [2.24, 2.45) is 0 Å². The predicted octanol–water partition coefficient (Wildman–Crippen LogP) is 2.37. The Kier molecular flexibility index (Phi) is 3.76. The number of rotatable bonds is 3. The molecule has 0 saturated carbocycles. The van der Waals surface area contributed by atoms with Crippen molar-refractivity contribution >= 4 is 0 Å². The second-order valence-corrected chi connectivity index (χ2v) is 5.93. The molecular formula is C16H24N2O. The zero-order valence-corrected chi connectivity index (χ0v) is 12.0. The Morgan fingerprint density at radius 1 is 1.32 bits per heavy atom. The maximum Gasteiger partial charge on any atom is 0.122 e. The van der Waals surface area contributed by atoms with Crippen molar-refractivity contribution in [3.63, 3.8) is 0 Å². The second-order valence-electron chi connectivity index (χ2n) is 5.93. The third kappa shape index (κ3) is 2.63. The van der Waals surface area contributed by atoms with Gasteiger partial charge in [-0.2, -0.15) is 0 Å². The fraction of sp³-hybridized carbons (Fsp3) is 0.625. The van der Waals surface area contributed by atoms with Crippen LogP contribution in [0.3, 0.4) is 0 Å². The summed E-state index contributed by atoms with van der Waals surface area (Å²) in [4.78, 5) is 2.35. The first-order valence-corrected chi connectivity index (χ1v) is 7.41. The van der Waals surface area contributed by atoms with Gasteiger partial charge in [-0.25, -0.2) is 0 Å². The van der Waals surface area contributed by atoms with Crippen molar-refractivity contribution in [3.8, 4) is 5.75 Å². The minimum Gasteiger partial charge on any atom is -0.493 e. The van der Waals surface area contributed by atoms with Gasteiger partial charge in [-0.05, 0) is 50.7 Å². The Morgan fingerprint density at radius 2 is 2.21 bits per heavy atom. The van der Waals surface area contributed by atoms with Crippen LogP contribution in [-0.2, 0) is 6.42 Å². The van der Waals surface area contributed by atoms with Gasteiger partial charge in [0.15, 0.2) is 0 Å². The lowest BCUT2D eigenvalue weighted by Crippen LogP contribution is -2.44. The molecule has 0 amide bonds. The molecule has 0 radical (unpaired) electrons. The van der Waals surface area contributed by atoms with Crippen molar-refractivity contribution in [3.05, 3.63) is 29.3 Å². The average Bonchev–Trinajstić information content (AvgIpc) is 2.87. The highest BCUT2D eigenvalue weighted by atomic mass is 16.5. The maximum absolute atomic E-state index is 5.61. The molecular weight excluding hydrogens is 236 g/mol. The van der Waals surface area contributed by atoms with Crippen LogP contribution in [0.5, 0.6) is 5.75 Å². The fourth-order valence-corrected chi connectivity index (χ4v) is 3.43. The number of ether oxygens (including phenoxy) is 1. The van der Waals surface area contributed by atoms with E-state index in [2.05, 4.69) is 42.5 Å². The van der Waals surface area contributed by atoms with Crippen LogP contribution in [0.1, 0.15) is 36.4 Å². The van der Waals surface area contributed by atoms with E-state index in [1.807, 2.05) is 0 Å². The number of piperidine rings is 1. The van der Waals surface area contributed by atoms with Crippen LogP contribution >= 0.6 is 0 Å². The molecule has 2 atom stereocenters. The molecule has 0 aliphatic carbocycles. The van der Waals surface area contributed by atoms with Crippen LogP contribution in [0.4, 0.5) is 0 Å². The van der Waals surface area contributed by atoms with E-state index in [1.165, 1.54) is 30.4 Å². The molecule has 1 fully saturated rings. The van der Waals surface area contributed by atoms with Gasteiger partial charge in [0, 0.05) is 18.5 Å². The molecule has 3 heteroatoms. The third-order valence-electron chi connectivity index (χ3n) is 4.34.